The van der Waals surface area contributed by atoms with Crippen molar-refractivity contribution in [3.8, 4) is 0 Å². The molecule has 0 bridgehead atoms. The summed E-state index contributed by atoms with van der Waals surface area (Å²) >= 11 is 0. The first-order valence-electron chi connectivity index (χ1n) is 5.34. The fraction of sp³-hybridized carbons (Fsp3) is 0.455. The third kappa shape index (κ3) is 2.24. The van der Waals surface area contributed by atoms with E-state index in [9.17, 15) is 4.79 Å². The minimum atomic E-state index is -0.440. The number of aromatic nitrogens is 1. The van der Waals surface area contributed by atoms with Crippen molar-refractivity contribution in [3.05, 3.63) is 24.1 Å². The number of hydrogen-bond acceptors (Lipinski definition) is 5. The molecule has 0 atom stereocenters. The summed E-state index contributed by atoms with van der Waals surface area (Å²) in [5, 5.41) is 0. The fourth-order valence-electron chi connectivity index (χ4n) is 1.52. The minimum Gasteiger partial charge on any atom is -0.461 e. The number of carbonyl (C=O) groups is 1. The van der Waals surface area contributed by atoms with Crippen LogP contribution in [0, 0.1) is 0 Å². The van der Waals surface area contributed by atoms with Gasteiger partial charge in [0.1, 0.15) is 6.26 Å². The zero-order valence-electron chi connectivity index (χ0n) is 9.18. The van der Waals surface area contributed by atoms with E-state index in [0.29, 0.717) is 12.6 Å². The van der Waals surface area contributed by atoms with Gasteiger partial charge in [0.15, 0.2) is 5.69 Å². The molecule has 2 rings (SSSR count). The van der Waals surface area contributed by atoms with Crippen LogP contribution in [0.15, 0.2) is 22.8 Å². The molecule has 1 aromatic heterocycles. The van der Waals surface area contributed by atoms with Crippen LogP contribution in [-0.2, 0) is 4.74 Å². The van der Waals surface area contributed by atoms with Gasteiger partial charge in [0, 0.05) is 13.1 Å². The molecule has 0 N–H and O–H groups in total. The summed E-state index contributed by atoms with van der Waals surface area (Å²) in [6.07, 6.45) is 6.48. The van der Waals surface area contributed by atoms with Crippen LogP contribution in [0.5, 0.6) is 0 Å². The lowest BCUT2D eigenvalue weighted by Crippen LogP contribution is -2.27. The number of oxazole rings is 1. The van der Waals surface area contributed by atoms with Crippen LogP contribution in [0.1, 0.15) is 23.8 Å². The molecule has 0 amide bonds. The number of hydrogen-bond donors (Lipinski definition) is 0. The topological polar surface area (TPSA) is 55.6 Å². The van der Waals surface area contributed by atoms with E-state index in [4.69, 9.17) is 9.15 Å². The second-order valence-corrected chi connectivity index (χ2v) is 3.44. The van der Waals surface area contributed by atoms with Crippen molar-refractivity contribution in [3.63, 3.8) is 0 Å². The zero-order valence-corrected chi connectivity index (χ0v) is 9.18. The van der Waals surface area contributed by atoms with Gasteiger partial charge in [-0.05, 0) is 13.3 Å². The lowest BCUT2D eigenvalue weighted by molar-refractivity contribution is 0.0519. The molecule has 86 valence electrons. The van der Waals surface area contributed by atoms with Gasteiger partial charge in [-0.15, -0.1) is 0 Å². The fourth-order valence-corrected chi connectivity index (χ4v) is 1.52. The Morgan fingerprint density at radius 3 is 3.19 bits per heavy atom. The number of carbonyl (C=O) groups excluding carboxylic acids is 1. The van der Waals surface area contributed by atoms with E-state index in [1.54, 1.807) is 6.92 Å². The Kier molecular flexibility index (Phi) is 3.24. The maximum atomic E-state index is 11.4. The highest BCUT2D eigenvalue weighted by Crippen LogP contribution is 2.16. The summed E-state index contributed by atoms with van der Waals surface area (Å²) < 4.78 is 10.1. The molecule has 5 heteroatoms. The number of rotatable bonds is 3. The van der Waals surface area contributed by atoms with Crippen molar-refractivity contribution in [2.24, 2.45) is 0 Å². The SMILES string of the molecule is CCOC(=O)c1coc(N2CC=CCC2)n1. The lowest BCUT2D eigenvalue weighted by atomic mass is 10.3. The van der Waals surface area contributed by atoms with Crippen molar-refractivity contribution >= 4 is 12.0 Å². The van der Waals surface area contributed by atoms with E-state index in [-0.39, 0.29) is 5.69 Å². The molecule has 16 heavy (non-hydrogen) atoms. The summed E-state index contributed by atoms with van der Waals surface area (Å²) in [5.41, 5.74) is 0.228. The number of esters is 1. The first kappa shape index (κ1) is 10.7. The van der Waals surface area contributed by atoms with Crippen LogP contribution >= 0.6 is 0 Å². The van der Waals surface area contributed by atoms with Crippen molar-refractivity contribution in [1.82, 2.24) is 4.98 Å². The van der Waals surface area contributed by atoms with Crippen molar-refractivity contribution in [2.45, 2.75) is 13.3 Å². The van der Waals surface area contributed by atoms with Gasteiger partial charge in [-0.1, -0.05) is 12.2 Å². The van der Waals surface area contributed by atoms with Crippen molar-refractivity contribution in [2.75, 3.05) is 24.6 Å². The van der Waals surface area contributed by atoms with Crippen LogP contribution in [0.25, 0.3) is 0 Å². The molecule has 5 nitrogen and oxygen atoms in total. The molecule has 0 aromatic carbocycles. The number of anilines is 1. The Labute approximate surface area is 93.7 Å². The standard InChI is InChI=1S/C11H14N2O3/c1-2-15-10(14)9-8-16-11(12-9)13-6-4-3-5-7-13/h3-4,8H,2,5-7H2,1H3. The quantitative estimate of drug-likeness (QED) is 0.574. The lowest BCUT2D eigenvalue weighted by Gasteiger charge is -2.20. The first-order chi connectivity index (χ1) is 7.81. The van der Waals surface area contributed by atoms with E-state index in [2.05, 4.69) is 17.1 Å². The van der Waals surface area contributed by atoms with Crippen molar-refractivity contribution in [1.29, 1.82) is 0 Å². The van der Waals surface area contributed by atoms with Gasteiger partial charge in [0.05, 0.1) is 6.61 Å². The summed E-state index contributed by atoms with van der Waals surface area (Å²) in [6, 6.07) is 0.479. The van der Waals surface area contributed by atoms with Crippen LogP contribution in [0.4, 0.5) is 6.01 Å². The maximum absolute atomic E-state index is 11.4. The van der Waals surface area contributed by atoms with E-state index in [1.165, 1.54) is 6.26 Å². The Hall–Kier alpha value is -1.78. The highest BCUT2D eigenvalue weighted by atomic mass is 16.5. The summed E-state index contributed by atoms with van der Waals surface area (Å²) in [4.78, 5) is 17.4. The summed E-state index contributed by atoms with van der Waals surface area (Å²) in [5.74, 6) is -0.440. The largest absolute Gasteiger partial charge is 0.461 e. The van der Waals surface area contributed by atoms with Crippen LogP contribution < -0.4 is 4.90 Å². The Balaban J connectivity index is 2.06. The molecule has 0 saturated heterocycles. The molecular weight excluding hydrogens is 208 g/mol. The molecule has 0 fully saturated rings. The number of ether oxygens (including phenoxy) is 1. The van der Waals surface area contributed by atoms with Gasteiger partial charge in [-0.3, -0.25) is 0 Å². The van der Waals surface area contributed by atoms with Crippen LogP contribution in [0.2, 0.25) is 0 Å². The molecule has 0 spiro atoms. The van der Waals surface area contributed by atoms with Gasteiger partial charge in [-0.25, -0.2) is 4.79 Å². The van der Waals surface area contributed by atoms with E-state index in [1.807, 2.05) is 4.90 Å². The van der Waals surface area contributed by atoms with Gasteiger partial charge in [0.2, 0.25) is 0 Å². The number of nitrogens with zero attached hydrogens (tertiary/aromatic N) is 2. The Morgan fingerprint density at radius 1 is 1.62 bits per heavy atom. The summed E-state index contributed by atoms with van der Waals surface area (Å²) in [7, 11) is 0. The third-order valence-electron chi connectivity index (χ3n) is 2.31. The average molecular weight is 222 g/mol. The van der Waals surface area contributed by atoms with Gasteiger partial charge < -0.3 is 14.1 Å². The normalized spacial score (nSPS) is 15.2. The molecule has 1 aliphatic heterocycles. The highest BCUT2D eigenvalue weighted by Gasteiger charge is 2.17. The predicted molar refractivity (Wildman–Crippen MR) is 58.4 cm³/mol. The molecule has 0 aliphatic carbocycles. The van der Waals surface area contributed by atoms with E-state index >= 15 is 0 Å². The molecule has 0 saturated carbocycles. The molecule has 0 unspecified atom stereocenters. The maximum Gasteiger partial charge on any atom is 0.360 e. The van der Waals surface area contributed by atoms with Gasteiger partial charge in [0.25, 0.3) is 6.01 Å². The van der Waals surface area contributed by atoms with Gasteiger partial charge >= 0.3 is 5.97 Å². The molecular formula is C11H14N2O3. The smallest absolute Gasteiger partial charge is 0.360 e. The zero-order chi connectivity index (χ0) is 11.4. The molecule has 1 aromatic rings. The third-order valence-corrected chi connectivity index (χ3v) is 2.31. The average Bonchev–Trinajstić information content (AvgIpc) is 2.80. The Bertz CT molecular complexity index is 398. The van der Waals surface area contributed by atoms with Gasteiger partial charge in [-0.2, -0.15) is 4.98 Å². The predicted octanol–water partition coefficient (Wildman–Crippen LogP) is 1.62. The Morgan fingerprint density at radius 2 is 2.50 bits per heavy atom. The minimum absolute atomic E-state index is 0.228. The molecule has 2 heterocycles. The van der Waals surface area contributed by atoms with E-state index in [0.717, 1.165) is 19.5 Å². The second-order valence-electron chi connectivity index (χ2n) is 3.44. The van der Waals surface area contributed by atoms with Crippen LogP contribution in [0.3, 0.4) is 0 Å². The first-order valence-corrected chi connectivity index (χ1v) is 5.34. The van der Waals surface area contributed by atoms with E-state index < -0.39 is 5.97 Å². The molecule has 0 radical (unpaired) electrons. The summed E-state index contributed by atoms with van der Waals surface area (Å²) in [6.45, 7) is 3.73. The second kappa shape index (κ2) is 4.83. The monoisotopic (exact) mass is 222 g/mol. The van der Waals surface area contributed by atoms with Crippen LogP contribution in [-0.4, -0.2) is 30.6 Å². The van der Waals surface area contributed by atoms with Crippen molar-refractivity contribution < 1.29 is 13.9 Å². The molecule has 1 aliphatic rings. The highest BCUT2D eigenvalue weighted by molar-refractivity contribution is 5.87.